The molecule has 2 aromatic rings. The van der Waals surface area contributed by atoms with E-state index in [0.29, 0.717) is 23.5 Å². The molecule has 0 atom stereocenters. The van der Waals surface area contributed by atoms with E-state index in [1.54, 1.807) is 0 Å². The Morgan fingerprint density at radius 3 is 2.76 bits per heavy atom. The van der Waals surface area contributed by atoms with Crippen molar-refractivity contribution in [1.82, 2.24) is 4.31 Å². The van der Waals surface area contributed by atoms with Crippen LogP contribution in [0.3, 0.4) is 0 Å². The first-order valence-corrected chi connectivity index (χ1v) is 13.6. The van der Waals surface area contributed by atoms with E-state index in [-0.39, 0.29) is 54.1 Å². The largest absolute Gasteiger partial charge is 0.396 e. The van der Waals surface area contributed by atoms with E-state index >= 15 is 0 Å². The number of aryl methyl sites for hydroxylation is 1. The number of morpholine rings is 1. The second-order valence-electron chi connectivity index (χ2n) is 7.98. The van der Waals surface area contributed by atoms with E-state index in [0.717, 1.165) is 29.7 Å². The first kappa shape index (κ1) is 24.9. The monoisotopic (exact) mass is 524 g/mol. The van der Waals surface area contributed by atoms with Crippen LogP contribution in [0, 0.1) is 11.3 Å². The Morgan fingerprint density at radius 1 is 1.29 bits per heavy atom. The highest BCUT2D eigenvalue weighted by Crippen LogP contribution is 2.39. The van der Waals surface area contributed by atoms with E-state index < -0.39 is 15.9 Å². The quantitative estimate of drug-likeness (QED) is 0.452. The summed E-state index contributed by atoms with van der Waals surface area (Å²) in [5, 5.41) is 25.0. The molecular weight excluding hydrogens is 500 g/mol. The minimum Gasteiger partial charge on any atom is -0.396 e. The van der Waals surface area contributed by atoms with Crippen LogP contribution in [0.4, 0.5) is 10.7 Å². The lowest BCUT2D eigenvalue weighted by Crippen LogP contribution is -2.41. The van der Waals surface area contributed by atoms with Crippen LogP contribution in [0.15, 0.2) is 17.0 Å². The van der Waals surface area contributed by atoms with E-state index in [9.17, 15) is 18.5 Å². The number of ether oxygens (including phenoxy) is 1. The molecular formula is C22H25ClN4O5S2. The third-order valence-electron chi connectivity index (χ3n) is 5.81. The summed E-state index contributed by atoms with van der Waals surface area (Å²) in [6.45, 7) is 1.25. The molecule has 1 saturated heterocycles. The van der Waals surface area contributed by atoms with Crippen molar-refractivity contribution in [3.63, 3.8) is 0 Å². The van der Waals surface area contributed by atoms with Gasteiger partial charge in [-0.2, -0.15) is 9.57 Å². The van der Waals surface area contributed by atoms with Gasteiger partial charge in [0.1, 0.15) is 16.0 Å². The van der Waals surface area contributed by atoms with Crippen molar-refractivity contribution in [1.29, 1.82) is 5.26 Å². The molecule has 0 saturated carbocycles. The second kappa shape index (κ2) is 10.6. The summed E-state index contributed by atoms with van der Waals surface area (Å²) in [7, 11) is -3.95. The third-order valence-corrected chi connectivity index (χ3v) is 9.27. The number of nitrogens with one attached hydrogen (secondary N) is 2. The average molecular weight is 525 g/mol. The molecule has 12 heteroatoms. The number of hydrogen-bond acceptors (Lipinski definition) is 8. The number of nitrogens with zero attached hydrogens (tertiary/aromatic N) is 2. The highest BCUT2D eigenvalue weighted by Gasteiger charge is 2.31. The Bertz CT molecular complexity index is 1230. The summed E-state index contributed by atoms with van der Waals surface area (Å²) in [6, 6.07) is 4.87. The fourth-order valence-electron chi connectivity index (χ4n) is 4.09. The first-order valence-electron chi connectivity index (χ1n) is 11.0. The lowest BCUT2D eigenvalue weighted by atomic mass is 10.1. The SMILES string of the molecule is N#Cc1c(NC(=O)c2cc(S(=O)(=O)N3CCOCC3)c(NCCCO)cc2Cl)sc2c1CCC2. The highest BCUT2D eigenvalue weighted by molar-refractivity contribution is 7.89. The molecule has 1 aliphatic carbocycles. The van der Waals surface area contributed by atoms with E-state index in [4.69, 9.17) is 21.4 Å². The number of thiophene rings is 1. The molecule has 182 valence electrons. The zero-order chi connectivity index (χ0) is 24.3. The summed E-state index contributed by atoms with van der Waals surface area (Å²) in [6.07, 6.45) is 3.09. The number of nitriles is 1. The lowest BCUT2D eigenvalue weighted by molar-refractivity contribution is 0.0730. The van der Waals surface area contributed by atoms with Crippen LogP contribution < -0.4 is 10.6 Å². The molecule has 9 nitrogen and oxygen atoms in total. The highest BCUT2D eigenvalue weighted by atomic mass is 35.5. The van der Waals surface area contributed by atoms with Gasteiger partial charge in [0.05, 0.1) is 35.1 Å². The first-order chi connectivity index (χ1) is 16.4. The minimum absolute atomic E-state index is 0.00124. The lowest BCUT2D eigenvalue weighted by Gasteiger charge is -2.27. The van der Waals surface area contributed by atoms with Gasteiger partial charge in [-0.15, -0.1) is 11.3 Å². The maximum Gasteiger partial charge on any atom is 0.257 e. The van der Waals surface area contributed by atoms with Crippen LogP contribution in [-0.4, -0.2) is 63.2 Å². The van der Waals surface area contributed by atoms with Gasteiger partial charge < -0.3 is 20.5 Å². The van der Waals surface area contributed by atoms with E-state index in [1.165, 1.54) is 27.8 Å². The molecule has 0 bridgehead atoms. The Kier molecular flexibility index (Phi) is 7.77. The zero-order valence-electron chi connectivity index (χ0n) is 18.4. The molecule has 1 aromatic heterocycles. The predicted octanol–water partition coefficient (Wildman–Crippen LogP) is 2.83. The van der Waals surface area contributed by atoms with Crippen molar-refractivity contribution in [3.05, 3.63) is 38.7 Å². The number of rotatable bonds is 8. The third kappa shape index (κ3) is 4.93. The Morgan fingerprint density at radius 2 is 2.06 bits per heavy atom. The average Bonchev–Trinajstić information content (AvgIpc) is 3.40. The molecule has 3 N–H and O–H groups in total. The number of benzene rings is 1. The van der Waals surface area contributed by atoms with Crippen LogP contribution >= 0.6 is 22.9 Å². The van der Waals surface area contributed by atoms with Crippen molar-refractivity contribution in [2.75, 3.05) is 50.1 Å². The van der Waals surface area contributed by atoms with Gasteiger partial charge in [-0.1, -0.05) is 11.6 Å². The number of aliphatic hydroxyl groups excluding tert-OH is 1. The molecule has 1 fully saturated rings. The van der Waals surface area contributed by atoms with Crippen molar-refractivity contribution >= 4 is 49.6 Å². The number of carbonyl (C=O) groups excluding carboxylic acids is 1. The van der Waals surface area contributed by atoms with Gasteiger partial charge in [0.25, 0.3) is 5.91 Å². The Hall–Kier alpha value is -2.20. The smallest absolute Gasteiger partial charge is 0.257 e. The van der Waals surface area contributed by atoms with Crippen LogP contribution in [-0.2, 0) is 27.6 Å². The molecule has 2 aliphatic rings. The summed E-state index contributed by atoms with van der Waals surface area (Å²) in [4.78, 5) is 14.2. The van der Waals surface area contributed by atoms with Crippen LogP contribution in [0.25, 0.3) is 0 Å². The summed E-state index contributed by atoms with van der Waals surface area (Å²) in [5.41, 5.74) is 1.70. The standard InChI is InChI=1S/C22H25ClN4O5S2/c23-17-12-18(25-5-2-8-28)20(34(30,31)27-6-9-32-10-7-27)11-15(17)21(29)26-22-16(13-24)14-3-1-4-19(14)33-22/h11-12,25,28H,1-10H2,(H,26,29). The number of fused-ring (bicyclic) bond motifs is 1. The van der Waals surface area contributed by atoms with Gasteiger partial charge in [-0.3, -0.25) is 4.79 Å². The summed E-state index contributed by atoms with van der Waals surface area (Å²) in [5.74, 6) is -0.582. The number of carbonyl (C=O) groups is 1. The zero-order valence-corrected chi connectivity index (χ0v) is 20.8. The molecule has 2 heterocycles. The maximum absolute atomic E-state index is 13.4. The number of halogens is 1. The van der Waals surface area contributed by atoms with Crippen molar-refractivity contribution in [2.45, 2.75) is 30.6 Å². The van der Waals surface area contributed by atoms with E-state index in [2.05, 4.69) is 16.7 Å². The molecule has 1 amide bonds. The summed E-state index contributed by atoms with van der Waals surface area (Å²) < 4.78 is 33.5. The molecule has 0 radical (unpaired) electrons. The Labute approximate surface area is 207 Å². The van der Waals surface area contributed by atoms with Crippen molar-refractivity contribution in [2.24, 2.45) is 0 Å². The van der Waals surface area contributed by atoms with Crippen LogP contribution in [0.2, 0.25) is 5.02 Å². The van der Waals surface area contributed by atoms with Gasteiger partial charge in [-0.05, 0) is 43.4 Å². The van der Waals surface area contributed by atoms with Gasteiger partial charge in [0, 0.05) is 31.1 Å². The molecule has 4 rings (SSSR count). The second-order valence-corrected chi connectivity index (χ2v) is 11.4. The van der Waals surface area contributed by atoms with Crippen LogP contribution in [0.1, 0.15) is 39.2 Å². The topological polar surface area (TPSA) is 132 Å². The normalized spacial score (nSPS) is 16.1. The summed E-state index contributed by atoms with van der Waals surface area (Å²) >= 11 is 7.80. The van der Waals surface area contributed by atoms with Gasteiger partial charge in [0.15, 0.2) is 0 Å². The number of aliphatic hydroxyl groups is 1. The molecule has 0 spiro atoms. The van der Waals surface area contributed by atoms with E-state index in [1.807, 2.05) is 0 Å². The van der Waals surface area contributed by atoms with Crippen molar-refractivity contribution < 1.29 is 23.1 Å². The number of sulfonamides is 1. The van der Waals surface area contributed by atoms with Crippen LogP contribution in [0.5, 0.6) is 0 Å². The Balaban J connectivity index is 1.69. The number of anilines is 2. The number of hydrogen-bond donors (Lipinski definition) is 3. The molecule has 34 heavy (non-hydrogen) atoms. The minimum atomic E-state index is -3.95. The predicted molar refractivity (Wildman–Crippen MR) is 130 cm³/mol. The molecule has 1 aromatic carbocycles. The van der Waals surface area contributed by atoms with Crippen molar-refractivity contribution in [3.8, 4) is 6.07 Å². The molecule has 1 aliphatic heterocycles. The fraction of sp³-hybridized carbons (Fsp3) is 0.455. The van der Waals surface area contributed by atoms with Gasteiger partial charge in [0.2, 0.25) is 10.0 Å². The van der Waals surface area contributed by atoms with Gasteiger partial charge in [-0.25, -0.2) is 8.42 Å². The van der Waals surface area contributed by atoms with Gasteiger partial charge >= 0.3 is 0 Å². The number of amides is 1. The maximum atomic E-state index is 13.4. The fourth-order valence-corrected chi connectivity index (χ4v) is 7.16. The molecule has 0 unspecified atom stereocenters.